The number of halogens is 2. The highest BCUT2D eigenvalue weighted by molar-refractivity contribution is 7.99. The van der Waals surface area contributed by atoms with Crippen LogP contribution in [0.15, 0.2) is 35.2 Å². The number of rotatable bonds is 4. The number of anilines is 1. The minimum Gasteiger partial charge on any atom is -0.384 e. The first-order chi connectivity index (χ1) is 10.2. The van der Waals surface area contributed by atoms with Gasteiger partial charge in [-0.25, -0.2) is 14.4 Å². The minimum atomic E-state index is -0.553. The van der Waals surface area contributed by atoms with Crippen LogP contribution in [0.2, 0.25) is 0 Å². The molecule has 21 heavy (non-hydrogen) atoms. The molecule has 0 atom stereocenters. The Morgan fingerprint density at radius 1 is 1.24 bits per heavy atom. The van der Waals surface area contributed by atoms with Crippen molar-refractivity contribution < 1.29 is 8.78 Å². The Labute approximate surface area is 128 Å². The molecular weight excluding hydrogens is 311 g/mol. The lowest BCUT2D eigenvalue weighted by molar-refractivity contribution is 0.589. The van der Waals surface area contributed by atoms with Gasteiger partial charge in [0.1, 0.15) is 16.7 Å². The Kier molecular flexibility index (Phi) is 4.03. The lowest BCUT2D eigenvalue weighted by Gasteiger charge is -2.01. The molecule has 3 nitrogen and oxygen atoms in total. The van der Waals surface area contributed by atoms with E-state index in [2.05, 4.69) is 15.3 Å². The maximum Gasteiger partial charge on any atom is 0.236 e. The number of fused-ring (bicyclic) bond motifs is 1. The third-order valence-electron chi connectivity index (χ3n) is 2.92. The Morgan fingerprint density at radius 2 is 2.10 bits per heavy atom. The third kappa shape index (κ3) is 2.84. The van der Waals surface area contributed by atoms with Crippen molar-refractivity contribution in [3.8, 4) is 10.7 Å². The molecule has 108 valence electrons. The summed E-state index contributed by atoms with van der Waals surface area (Å²) in [5.41, 5.74) is 1.65. The zero-order valence-electron chi connectivity index (χ0n) is 11.1. The number of pyridine rings is 1. The molecule has 0 unspecified atom stereocenters. The van der Waals surface area contributed by atoms with Crippen LogP contribution in [0.25, 0.3) is 20.9 Å². The van der Waals surface area contributed by atoms with Crippen molar-refractivity contribution in [2.75, 3.05) is 18.4 Å². The molecule has 1 aromatic carbocycles. The zero-order chi connectivity index (χ0) is 14.8. The van der Waals surface area contributed by atoms with E-state index in [0.717, 1.165) is 26.9 Å². The normalized spacial score (nSPS) is 11.0. The van der Waals surface area contributed by atoms with E-state index in [4.69, 9.17) is 0 Å². The smallest absolute Gasteiger partial charge is 0.236 e. The monoisotopic (exact) mass is 322 g/mol. The van der Waals surface area contributed by atoms with Gasteiger partial charge >= 0.3 is 0 Å². The first-order valence-corrected chi connectivity index (χ1v) is 7.95. The summed E-state index contributed by atoms with van der Waals surface area (Å²) < 4.78 is 27.0. The summed E-state index contributed by atoms with van der Waals surface area (Å²) in [6.45, 7) is 0. The molecule has 0 amide bonds. The van der Waals surface area contributed by atoms with E-state index >= 15 is 0 Å². The van der Waals surface area contributed by atoms with Crippen LogP contribution in [0, 0.1) is 5.95 Å². The fourth-order valence-corrected chi connectivity index (χ4v) is 3.45. The molecule has 2 aromatic heterocycles. The first-order valence-electron chi connectivity index (χ1n) is 6.15. The second-order valence-electron chi connectivity index (χ2n) is 4.19. The number of benzene rings is 1. The van der Waals surface area contributed by atoms with Crippen LogP contribution in [0.1, 0.15) is 0 Å². The molecule has 0 bridgehead atoms. The molecule has 2 heterocycles. The summed E-state index contributed by atoms with van der Waals surface area (Å²) in [4.78, 5) is 9.22. The van der Waals surface area contributed by atoms with Crippen molar-refractivity contribution >= 4 is 39.0 Å². The van der Waals surface area contributed by atoms with E-state index in [-0.39, 0.29) is 0 Å². The second kappa shape index (κ2) is 5.95. The molecule has 0 spiro atoms. The standard InChI is InChI=1S/C14H11F2N3S2/c1-17-10-4-5-11(18-13(10)16)14-19-9-3-2-8(20-7-15)6-12(9)21-14/h2-6,17H,7H2,1H3/i16-1. The van der Waals surface area contributed by atoms with Crippen LogP contribution < -0.4 is 5.32 Å². The van der Waals surface area contributed by atoms with Crippen LogP contribution in [-0.2, 0) is 0 Å². The summed E-state index contributed by atoms with van der Waals surface area (Å²) in [6, 6.07) is 8.45. The number of nitrogens with one attached hydrogen (secondary N) is 1. The highest BCUT2D eigenvalue weighted by Gasteiger charge is 2.11. The Bertz CT molecular complexity index is 789. The van der Waals surface area contributed by atoms with Crippen LogP contribution in [0.5, 0.6) is 0 Å². The van der Waals surface area contributed by atoms with Crippen molar-refractivity contribution in [2.45, 2.75) is 4.90 Å². The molecule has 7 heteroatoms. The molecule has 0 fully saturated rings. The van der Waals surface area contributed by atoms with Gasteiger partial charge in [-0.3, -0.25) is 0 Å². The summed E-state index contributed by atoms with van der Waals surface area (Å²) in [7, 11) is 1.64. The molecule has 0 aliphatic heterocycles. The number of thiazole rings is 1. The fourth-order valence-electron chi connectivity index (χ4n) is 1.91. The highest BCUT2D eigenvalue weighted by atomic mass is 32.2. The zero-order valence-corrected chi connectivity index (χ0v) is 12.7. The van der Waals surface area contributed by atoms with Crippen LogP contribution in [0.3, 0.4) is 0 Å². The van der Waals surface area contributed by atoms with Gasteiger partial charge in [-0.15, -0.1) is 11.3 Å². The third-order valence-corrected chi connectivity index (χ3v) is 4.66. The average molecular weight is 322 g/mol. The van der Waals surface area contributed by atoms with Gasteiger partial charge in [-0.05, 0) is 30.3 Å². The molecule has 0 saturated carbocycles. The van der Waals surface area contributed by atoms with Crippen LogP contribution >= 0.6 is 23.1 Å². The van der Waals surface area contributed by atoms with Gasteiger partial charge in [0.05, 0.1) is 15.9 Å². The van der Waals surface area contributed by atoms with Crippen LogP contribution in [0.4, 0.5) is 14.5 Å². The number of thioether (sulfide) groups is 1. The highest BCUT2D eigenvalue weighted by Crippen LogP contribution is 2.32. The number of hydrogen-bond donors (Lipinski definition) is 1. The Balaban J connectivity index is 2.02. The predicted molar refractivity (Wildman–Crippen MR) is 84.2 cm³/mol. The summed E-state index contributed by atoms with van der Waals surface area (Å²) in [6.07, 6.45) is 0. The van der Waals surface area contributed by atoms with Crippen molar-refractivity contribution in [3.05, 3.63) is 36.3 Å². The van der Waals surface area contributed by atoms with Crippen molar-refractivity contribution in [3.63, 3.8) is 0 Å². The van der Waals surface area contributed by atoms with Gasteiger partial charge in [-0.2, -0.15) is 4.39 Å². The van der Waals surface area contributed by atoms with Gasteiger partial charge in [-0.1, -0.05) is 11.8 Å². The molecular formula is C14H11F2N3S2. The molecule has 0 radical (unpaired) electrons. The summed E-state index contributed by atoms with van der Waals surface area (Å²) in [5, 5.41) is 3.38. The van der Waals surface area contributed by atoms with Crippen molar-refractivity contribution in [1.82, 2.24) is 9.97 Å². The molecule has 0 saturated heterocycles. The molecule has 3 aromatic rings. The minimum absolute atomic E-state index is 0.349. The molecule has 0 aliphatic rings. The SMILES string of the molecule is CNc1ccc(-c2nc3ccc(SCF)cc3s2)nc1[18F]. The number of aromatic nitrogens is 2. The second-order valence-corrected chi connectivity index (χ2v) is 6.20. The lowest BCUT2D eigenvalue weighted by Crippen LogP contribution is -1.96. The van der Waals surface area contributed by atoms with E-state index in [0.29, 0.717) is 16.4 Å². The molecule has 3 rings (SSSR count). The Morgan fingerprint density at radius 3 is 2.81 bits per heavy atom. The molecule has 0 aliphatic carbocycles. The number of alkyl halides is 1. The topological polar surface area (TPSA) is 37.8 Å². The summed E-state index contributed by atoms with van der Waals surface area (Å²) >= 11 is 2.55. The maximum absolute atomic E-state index is 13.7. The van der Waals surface area contributed by atoms with E-state index < -0.39 is 12.0 Å². The average Bonchev–Trinajstić information content (AvgIpc) is 2.90. The van der Waals surface area contributed by atoms with E-state index in [9.17, 15) is 8.78 Å². The number of hydrogen-bond acceptors (Lipinski definition) is 5. The van der Waals surface area contributed by atoms with E-state index in [1.165, 1.54) is 11.3 Å². The predicted octanol–water partition coefficient (Wildman–Crippen LogP) is 4.56. The van der Waals surface area contributed by atoms with Crippen molar-refractivity contribution in [2.24, 2.45) is 0 Å². The largest absolute Gasteiger partial charge is 0.384 e. The van der Waals surface area contributed by atoms with Gasteiger partial charge in [0.25, 0.3) is 0 Å². The van der Waals surface area contributed by atoms with Crippen LogP contribution in [-0.4, -0.2) is 23.0 Å². The number of nitrogens with zero attached hydrogens (tertiary/aromatic N) is 2. The van der Waals surface area contributed by atoms with Gasteiger partial charge < -0.3 is 5.32 Å². The van der Waals surface area contributed by atoms with Gasteiger partial charge in [0.2, 0.25) is 5.95 Å². The lowest BCUT2D eigenvalue weighted by atomic mass is 10.3. The van der Waals surface area contributed by atoms with E-state index in [1.807, 2.05) is 18.2 Å². The van der Waals surface area contributed by atoms with E-state index in [1.54, 1.807) is 19.2 Å². The quantitative estimate of drug-likeness (QED) is 0.564. The molecule has 1 N–H and O–H groups in total. The van der Waals surface area contributed by atoms with Gasteiger partial charge in [0.15, 0.2) is 0 Å². The first kappa shape index (κ1) is 14.2. The van der Waals surface area contributed by atoms with Crippen molar-refractivity contribution in [1.29, 1.82) is 0 Å². The Hall–Kier alpha value is -1.73. The van der Waals surface area contributed by atoms with Gasteiger partial charge in [0, 0.05) is 11.9 Å². The summed E-state index contributed by atoms with van der Waals surface area (Å²) in [5.74, 6) is -0.553. The maximum atomic E-state index is 13.7. The fraction of sp³-hybridized carbons (Fsp3) is 0.143.